The minimum atomic E-state index is 0.589. The third kappa shape index (κ3) is 5.36. The van der Waals surface area contributed by atoms with Crippen LogP contribution in [0.5, 0.6) is 0 Å². The molecule has 0 saturated carbocycles. The summed E-state index contributed by atoms with van der Waals surface area (Å²) in [5.74, 6) is 1.77. The molecule has 6 heteroatoms. The van der Waals surface area contributed by atoms with Crippen molar-refractivity contribution in [3.05, 3.63) is 164 Å². The zero-order valence-corrected chi connectivity index (χ0v) is 27.2. The molecule has 6 nitrogen and oxygen atoms in total. The van der Waals surface area contributed by atoms with Crippen molar-refractivity contribution in [3.8, 4) is 67.7 Å². The number of hydrogen-bond donors (Lipinski definition) is 0. The lowest BCUT2D eigenvalue weighted by molar-refractivity contribution is 0.619. The fourth-order valence-electron chi connectivity index (χ4n) is 6.61. The maximum atomic E-state index is 6.14. The molecule has 0 amide bonds. The molecule has 0 atom stereocenters. The van der Waals surface area contributed by atoms with Crippen molar-refractivity contribution in [3.63, 3.8) is 0 Å². The van der Waals surface area contributed by atoms with Gasteiger partial charge in [0.25, 0.3) is 0 Å². The van der Waals surface area contributed by atoms with Crippen LogP contribution in [0.25, 0.3) is 101 Å². The highest BCUT2D eigenvalue weighted by Crippen LogP contribution is 2.37. The third-order valence-electron chi connectivity index (χ3n) is 9.14. The average Bonchev–Trinajstić information content (AvgIpc) is 3.95. The number of aromatic nitrogens is 3. The van der Waals surface area contributed by atoms with Crippen molar-refractivity contribution in [1.29, 1.82) is 0 Å². The molecule has 0 saturated heterocycles. The summed E-state index contributed by atoms with van der Waals surface area (Å²) in [6.45, 7) is 0. The van der Waals surface area contributed by atoms with E-state index in [9.17, 15) is 0 Å². The van der Waals surface area contributed by atoms with Gasteiger partial charge in [-0.05, 0) is 124 Å². The number of fused-ring (bicyclic) bond motifs is 3. The Hall–Kier alpha value is -7.05. The molecule has 7 aromatic carbocycles. The van der Waals surface area contributed by atoms with Crippen molar-refractivity contribution < 1.29 is 13.3 Å². The fourth-order valence-corrected chi connectivity index (χ4v) is 6.61. The van der Waals surface area contributed by atoms with Gasteiger partial charge in [0.1, 0.15) is 16.6 Å². The monoisotopic (exact) mass is 657 g/mol. The van der Waals surface area contributed by atoms with Crippen molar-refractivity contribution in [1.82, 2.24) is 15.0 Å². The molecule has 51 heavy (non-hydrogen) atoms. The highest BCUT2D eigenvalue weighted by atomic mass is 16.4. The van der Waals surface area contributed by atoms with Gasteiger partial charge in [0.05, 0.1) is 0 Å². The topological polar surface area (TPSA) is 78.1 Å². The summed E-state index contributed by atoms with van der Waals surface area (Å²) in [7, 11) is 0. The van der Waals surface area contributed by atoms with E-state index in [0.29, 0.717) is 17.7 Å². The number of para-hydroxylation sites is 6. The second kappa shape index (κ2) is 11.8. The molecule has 0 fully saturated rings. The van der Waals surface area contributed by atoms with Crippen molar-refractivity contribution in [2.75, 3.05) is 0 Å². The summed E-state index contributed by atoms with van der Waals surface area (Å²) in [4.78, 5) is 14.3. The summed E-state index contributed by atoms with van der Waals surface area (Å²) in [6.07, 6.45) is 0. The van der Waals surface area contributed by atoms with Gasteiger partial charge in [-0.25, -0.2) is 15.0 Å². The molecule has 0 aliphatic carbocycles. The second-order valence-corrected chi connectivity index (χ2v) is 12.5. The largest absolute Gasteiger partial charge is 0.436 e. The molecule has 0 aliphatic rings. The first kappa shape index (κ1) is 28.9. The van der Waals surface area contributed by atoms with Crippen LogP contribution in [-0.4, -0.2) is 15.0 Å². The second-order valence-electron chi connectivity index (χ2n) is 12.5. The first-order valence-corrected chi connectivity index (χ1v) is 16.7. The maximum absolute atomic E-state index is 6.14. The van der Waals surface area contributed by atoms with Crippen LogP contribution in [0.3, 0.4) is 0 Å². The Bertz CT molecular complexity index is 2470. The molecule has 0 radical (unpaired) electrons. The molecular formula is C45H27N3O3. The van der Waals surface area contributed by atoms with Crippen LogP contribution in [0.2, 0.25) is 0 Å². The summed E-state index contributed by atoms with van der Waals surface area (Å²) < 4.78 is 18.4. The minimum absolute atomic E-state index is 0.589. The van der Waals surface area contributed by atoms with Gasteiger partial charge in [0.15, 0.2) is 16.7 Å². The van der Waals surface area contributed by atoms with E-state index in [1.807, 2.05) is 109 Å². The van der Waals surface area contributed by atoms with E-state index in [1.165, 1.54) is 0 Å². The number of rotatable bonds is 6. The SMILES string of the molecule is c1cc(-c2cc(-c3cccc(-c4nc5ccccc5o4)c3)cc(-c3cccc(-c4nc5ccccc5o4)c3)c2)cc(-c2nc3ccccc3o2)c1. The average molecular weight is 658 g/mol. The Labute approximate surface area is 292 Å². The van der Waals surface area contributed by atoms with Crippen molar-refractivity contribution in [2.45, 2.75) is 0 Å². The number of oxazole rings is 3. The first-order valence-electron chi connectivity index (χ1n) is 16.7. The minimum Gasteiger partial charge on any atom is -0.436 e. The van der Waals surface area contributed by atoms with E-state index in [4.69, 9.17) is 28.2 Å². The summed E-state index contributed by atoms with van der Waals surface area (Å²) >= 11 is 0. The Morgan fingerprint density at radius 2 is 0.529 bits per heavy atom. The molecule has 10 aromatic rings. The van der Waals surface area contributed by atoms with E-state index in [1.54, 1.807) is 0 Å². The molecule has 3 heterocycles. The van der Waals surface area contributed by atoms with Crippen molar-refractivity contribution in [2.24, 2.45) is 0 Å². The number of nitrogens with zero attached hydrogens (tertiary/aromatic N) is 3. The highest BCUT2D eigenvalue weighted by molar-refractivity contribution is 5.86. The Balaban J connectivity index is 1.11. The van der Waals surface area contributed by atoms with E-state index < -0.39 is 0 Å². The van der Waals surface area contributed by atoms with Crippen LogP contribution < -0.4 is 0 Å². The molecule has 0 N–H and O–H groups in total. The van der Waals surface area contributed by atoms with Gasteiger partial charge in [0, 0.05) is 16.7 Å². The molecule has 10 rings (SSSR count). The Kier molecular flexibility index (Phi) is 6.70. The van der Waals surface area contributed by atoms with E-state index in [-0.39, 0.29) is 0 Å². The quantitative estimate of drug-likeness (QED) is 0.177. The van der Waals surface area contributed by atoms with E-state index in [0.717, 1.165) is 83.4 Å². The normalized spacial score (nSPS) is 11.5. The zero-order valence-electron chi connectivity index (χ0n) is 27.2. The Morgan fingerprint density at radius 3 is 0.843 bits per heavy atom. The van der Waals surface area contributed by atoms with Gasteiger partial charge in [-0.15, -0.1) is 0 Å². The smallest absolute Gasteiger partial charge is 0.227 e. The fraction of sp³-hybridized carbons (Fsp3) is 0. The van der Waals surface area contributed by atoms with Gasteiger partial charge in [-0.2, -0.15) is 0 Å². The van der Waals surface area contributed by atoms with Gasteiger partial charge in [0.2, 0.25) is 17.7 Å². The van der Waals surface area contributed by atoms with Crippen LogP contribution in [-0.2, 0) is 0 Å². The molecule has 0 aliphatic heterocycles. The predicted octanol–water partition coefficient (Wildman–Crippen LogP) is 12.1. The van der Waals surface area contributed by atoms with Crippen LogP contribution in [0, 0.1) is 0 Å². The number of hydrogen-bond acceptors (Lipinski definition) is 6. The van der Waals surface area contributed by atoms with Gasteiger partial charge >= 0.3 is 0 Å². The van der Waals surface area contributed by atoms with Crippen LogP contribution in [0.15, 0.2) is 177 Å². The lowest BCUT2D eigenvalue weighted by Gasteiger charge is -2.13. The molecule has 3 aromatic heterocycles. The molecule has 0 unspecified atom stereocenters. The van der Waals surface area contributed by atoms with Crippen LogP contribution >= 0.6 is 0 Å². The predicted molar refractivity (Wildman–Crippen MR) is 202 cm³/mol. The van der Waals surface area contributed by atoms with Gasteiger partial charge in [-0.3, -0.25) is 0 Å². The molecule has 0 spiro atoms. The lowest BCUT2D eigenvalue weighted by Crippen LogP contribution is -1.88. The number of benzene rings is 7. The van der Waals surface area contributed by atoms with E-state index >= 15 is 0 Å². The standard InChI is InChI=1S/C45H27N3O3/c1-4-19-40-37(16-1)46-43(49-40)31-13-7-10-28(22-31)34-25-35(29-11-8-14-32(23-29)44-47-38-17-2-5-20-41(38)50-44)27-36(26-34)30-12-9-15-33(24-30)45-48-39-18-3-6-21-42(39)51-45/h1-27H. The van der Waals surface area contributed by atoms with E-state index in [2.05, 4.69) is 54.6 Å². The Morgan fingerprint density at radius 1 is 0.255 bits per heavy atom. The van der Waals surface area contributed by atoms with Crippen LogP contribution in [0.1, 0.15) is 0 Å². The van der Waals surface area contributed by atoms with Gasteiger partial charge < -0.3 is 13.3 Å². The highest BCUT2D eigenvalue weighted by Gasteiger charge is 2.15. The zero-order chi connectivity index (χ0) is 33.7. The summed E-state index contributed by atoms with van der Waals surface area (Å²) in [5.41, 5.74) is 13.8. The summed E-state index contributed by atoms with van der Waals surface area (Å²) in [6, 6.07) is 55.2. The first-order chi connectivity index (χ1) is 25.2. The van der Waals surface area contributed by atoms with Gasteiger partial charge in [-0.1, -0.05) is 72.8 Å². The maximum Gasteiger partial charge on any atom is 0.227 e. The molecular weight excluding hydrogens is 631 g/mol. The molecule has 240 valence electrons. The summed E-state index contributed by atoms with van der Waals surface area (Å²) in [5, 5.41) is 0. The van der Waals surface area contributed by atoms with Crippen molar-refractivity contribution >= 4 is 33.3 Å². The third-order valence-corrected chi connectivity index (χ3v) is 9.14. The molecule has 0 bridgehead atoms. The van der Waals surface area contributed by atoms with Crippen LogP contribution in [0.4, 0.5) is 0 Å². The lowest BCUT2D eigenvalue weighted by atomic mass is 9.92.